The molecule has 100 valence electrons. The molecular weight excluding hydrogens is 252 g/mol. The van der Waals surface area contributed by atoms with Gasteiger partial charge in [0.2, 0.25) is 5.91 Å². The first-order valence-corrected chi connectivity index (χ1v) is 5.85. The zero-order valence-corrected chi connectivity index (χ0v) is 10.4. The first-order chi connectivity index (χ1) is 9.10. The topological polar surface area (TPSA) is 46.9 Å². The van der Waals surface area contributed by atoms with E-state index in [1.54, 1.807) is 17.0 Å². The van der Waals surface area contributed by atoms with Crippen LogP contribution in [-0.4, -0.2) is 15.5 Å². The maximum Gasteiger partial charge on any atom is 0.244 e. The SMILES string of the molecule is CCc1nccn1CC(=O)Nc1cc(F)ccc1F. The van der Waals surface area contributed by atoms with Crippen LogP contribution in [0, 0.1) is 11.6 Å². The number of benzene rings is 1. The lowest BCUT2D eigenvalue weighted by molar-refractivity contribution is -0.116. The van der Waals surface area contributed by atoms with Gasteiger partial charge in [-0.15, -0.1) is 0 Å². The highest BCUT2D eigenvalue weighted by molar-refractivity contribution is 5.90. The lowest BCUT2D eigenvalue weighted by atomic mass is 10.3. The third-order valence-electron chi connectivity index (χ3n) is 2.63. The minimum atomic E-state index is -0.670. The van der Waals surface area contributed by atoms with Crippen molar-refractivity contribution in [2.45, 2.75) is 19.9 Å². The molecule has 0 spiro atoms. The van der Waals surface area contributed by atoms with Crippen molar-refractivity contribution in [3.8, 4) is 0 Å². The zero-order chi connectivity index (χ0) is 13.8. The Morgan fingerprint density at radius 3 is 2.95 bits per heavy atom. The summed E-state index contributed by atoms with van der Waals surface area (Å²) in [4.78, 5) is 15.8. The summed E-state index contributed by atoms with van der Waals surface area (Å²) in [5.41, 5.74) is -0.164. The molecule has 0 aliphatic heterocycles. The van der Waals surface area contributed by atoms with Crippen LogP contribution in [0.2, 0.25) is 0 Å². The molecule has 2 rings (SSSR count). The number of carbonyl (C=O) groups is 1. The van der Waals surface area contributed by atoms with Gasteiger partial charge >= 0.3 is 0 Å². The molecule has 4 nitrogen and oxygen atoms in total. The monoisotopic (exact) mass is 265 g/mol. The highest BCUT2D eigenvalue weighted by atomic mass is 19.1. The summed E-state index contributed by atoms with van der Waals surface area (Å²) in [6, 6.07) is 2.91. The summed E-state index contributed by atoms with van der Waals surface area (Å²) in [5.74, 6) is -0.947. The van der Waals surface area contributed by atoms with E-state index >= 15 is 0 Å². The van der Waals surface area contributed by atoms with E-state index < -0.39 is 17.5 Å². The summed E-state index contributed by atoms with van der Waals surface area (Å²) in [5, 5.41) is 2.34. The standard InChI is InChI=1S/C13H13F2N3O/c1-2-12-16-5-6-18(12)8-13(19)17-11-7-9(14)3-4-10(11)15/h3-7H,2,8H2,1H3,(H,17,19). The highest BCUT2D eigenvalue weighted by Gasteiger charge is 2.10. The van der Waals surface area contributed by atoms with Crippen molar-refractivity contribution in [2.75, 3.05) is 5.32 Å². The quantitative estimate of drug-likeness (QED) is 0.922. The zero-order valence-electron chi connectivity index (χ0n) is 10.4. The van der Waals surface area contributed by atoms with Gasteiger partial charge < -0.3 is 9.88 Å². The molecule has 1 aromatic carbocycles. The van der Waals surface area contributed by atoms with Crippen molar-refractivity contribution in [3.05, 3.63) is 48.1 Å². The van der Waals surface area contributed by atoms with Gasteiger partial charge in [0.1, 0.15) is 24.0 Å². The number of imidazole rings is 1. The molecule has 1 N–H and O–H groups in total. The van der Waals surface area contributed by atoms with E-state index in [4.69, 9.17) is 0 Å². The Morgan fingerprint density at radius 2 is 2.21 bits per heavy atom. The molecule has 0 fully saturated rings. The Hall–Kier alpha value is -2.24. The van der Waals surface area contributed by atoms with E-state index in [1.165, 1.54) is 0 Å². The number of rotatable bonds is 4. The molecule has 0 unspecified atom stereocenters. The van der Waals surface area contributed by atoms with Crippen molar-refractivity contribution in [2.24, 2.45) is 0 Å². The lowest BCUT2D eigenvalue weighted by Crippen LogP contribution is -2.20. The highest BCUT2D eigenvalue weighted by Crippen LogP contribution is 2.15. The van der Waals surface area contributed by atoms with E-state index in [0.717, 1.165) is 24.0 Å². The molecule has 1 amide bonds. The fourth-order valence-electron chi connectivity index (χ4n) is 1.74. The molecule has 0 radical (unpaired) electrons. The Kier molecular flexibility index (Phi) is 3.89. The Labute approximate surface area is 109 Å². The normalized spacial score (nSPS) is 10.5. The van der Waals surface area contributed by atoms with Crippen LogP contribution in [0.15, 0.2) is 30.6 Å². The van der Waals surface area contributed by atoms with Gasteiger partial charge in [0.05, 0.1) is 5.69 Å². The van der Waals surface area contributed by atoms with Crippen LogP contribution in [0.1, 0.15) is 12.7 Å². The number of aryl methyl sites for hydroxylation is 1. The van der Waals surface area contributed by atoms with E-state index in [1.807, 2.05) is 6.92 Å². The number of hydrogen-bond donors (Lipinski definition) is 1. The number of nitrogens with one attached hydrogen (secondary N) is 1. The van der Waals surface area contributed by atoms with Gasteiger partial charge in [0.15, 0.2) is 0 Å². The van der Waals surface area contributed by atoms with Crippen LogP contribution < -0.4 is 5.32 Å². The average Bonchev–Trinajstić information content (AvgIpc) is 2.81. The largest absolute Gasteiger partial charge is 0.326 e. The lowest BCUT2D eigenvalue weighted by Gasteiger charge is -2.08. The Balaban J connectivity index is 2.07. The number of aromatic nitrogens is 2. The first kappa shape index (κ1) is 13.2. The van der Waals surface area contributed by atoms with Gasteiger partial charge in [-0.25, -0.2) is 13.8 Å². The summed E-state index contributed by atoms with van der Waals surface area (Å²) in [6.45, 7) is 1.93. The molecular formula is C13H13F2N3O. The number of carbonyl (C=O) groups excluding carboxylic acids is 1. The summed E-state index contributed by atoms with van der Waals surface area (Å²) < 4.78 is 28.0. The van der Waals surface area contributed by atoms with Gasteiger partial charge in [0, 0.05) is 24.9 Å². The van der Waals surface area contributed by atoms with Crippen molar-refractivity contribution in [3.63, 3.8) is 0 Å². The van der Waals surface area contributed by atoms with E-state index in [0.29, 0.717) is 6.42 Å². The van der Waals surface area contributed by atoms with Gasteiger partial charge in [-0.1, -0.05) is 6.92 Å². The van der Waals surface area contributed by atoms with Crippen LogP contribution in [-0.2, 0) is 17.8 Å². The van der Waals surface area contributed by atoms with Crippen molar-refractivity contribution < 1.29 is 13.6 Å². The van der Waals surface area contributed by atoms with Gasteiger partial charge in [-0.3, -0.25) is 4.79 Å². The van der Waals surface area contributed by atoms with Crippen LogP contribution in [0.5, 0.6) is 0 Å². The Morgan fingerprint density at radius 1 is 1.42 bits per heavy atom. The second-order valence-electron chi connectivity index (χ2n) is 4.00. The molecule has 0 aliphatic carbocycles. The van der Waals surface area contributed by atoms with Crippen LogP contribution in [0.25, 0.3) is 0 Å². The van der Waals surface area contributed by atoms with Crippen molar-refractivity contribution >= 4 is 11.6 Å². The summed E-state index contributed by atoms with van der Waals surface area (Å²) >= 11 is 0. The minimum Gasteiger partial charge on any atom is -0.326 e. The molecule has 0 bridgehead atoms. The Bertz CT molecular complexity index is 595. The number of hydrogen-bond acceptors (Lipinski definition) is 2. The second-order valence-corrected chi connectivity index (χ2v) is 4.00. The van der Waals surface area contributed by atoms with Crippen molar-refractivity contribution in [1.29, 1.82) is 0 Å². The minimum absolute atomic E-state index is 0.0130. The van der Waals surface area contributed by atoms with Crippen LogP contribution in [0.4, 0.5) is 14.5 Å². The molecule has 1 aromatic heterocycles. The second kappa shape index (κ2) is 5.60. The fraction of sp³-hybridized carbons (Fsp3) is 0.231. The summed E-state index contributed by atoms with van der Waals surface area (Å²) in [6.07, 6.45) is 3.95. The van der Waals surface area contributed by atoms with Crippen LogP contribution >= 0.6 is 0 Å². The summed E-state index contributed by atoms with van der Waals surface area (Å²) in [7, 11) is 0. The predicted octanol–water partition coefficient (Wildman–Crippen LogP) is 2.36. The number of halogens is 2. The van der Waals surface area contributed by atoms with Crippen LogP contribution in [0.3, 0.4) is 0 Å². The van der Waals surface area contributed by atoms with E-state index in [9.17, 15) is 13.6 Å². The maximum absolute atomic E-state index is 13.4. The number of anilines is 1. The number of amides is 1. The first-order valence-electron chi connectivity index (χ1n) is 5.85. The van der Waals surface area contributed by atoms with E-state index in [-0.39, 0.29) is 12.2 Å². The van der Waals surface area contributed by atoms with Gasteiger partial charge in [-0.2, -0.15) is 0 Å². The van der Waals surface area contributed by atoms with Crippen molar-refractivity contribution in [1.82, 2.24) is 9.55 Å². The average molecular weight is 265 g/mol. The molecule has 19 heavy (non-hydrogen) atoms. The van der Waals surface area contributed by atoms with Gasteiger partial charge in [0.25, 0.3) is 0 Å². The molecule has 0 saturated heterocycles. The maximum atomic E-state index is 13.4. The molecule has 6 heteroatoms. The predicted molar refractivity (Wildman–Crippen MR) is 66.6 cm³/mol. The van der Waals surface area contributed by atoms with E-state index in [2.05, 4.69) is 10.3 Å². The molecule has 0 aliphatic rings. The fourth-order valence-corrected chi connectivity index (χ4v) is 1.74. The molecule has 0 saturated carbocycles. The smallest absolute Gasteiger partial charge is 0.244 e. The molecule has 2 aromatic rings. The molecule has 0 atom stereocenters. The number of nitrogens with zero attached hydrogens (tertiary/aromatic N) is 2. The molecule has 1 heterocycles. The third-order valence-corrected chi connectivity index (χ3v) is 2.63. The third kappa shape index (κ3) is 3.15. The van der Waals surface area contributed by atoms with Gasteiger partial charge in [-0.05, 0) is 12.1 Å².